The molecule has 1 aromatic heterocycles. The van der Waals surface area contributed by atoms with Gasteiger partial charge in [0.2, 0.25) is 0 Å². The third-order valence-electron chi connectivity index (χ3n) is 4.27. The zero-order valence-electron chi connectivity index (χ0n) is 14.8. The molecular weight excluding hydrogens is 324 g/mol. The molecule has 0 aliphatic rings. The molecule has 0 saturated carbocycles. The highest BCUT2D eigenvalue weighted by Gasteiger charge is 2.21. The molecule has 0 fully saturated rings. The van der Waals surface area contributed by atoms with Crippen molar-refractivity contribution in [2.75, 3.05) is 0 Å². The van der Waals surface area contributed by atoms with E-state index in [-0.39, 0.29) is 5.96 Å². The maximum atomic E-state index is 12.9. The second kappa shape index (κ2) is 7.78. The number of amides is 1. The third-order valence-corrected chi connectivity index (χ3v) is 4.27. The van der Waals surface area contributed by atoms with E-state index in [1.54, 1.807) is 0 Å². The van der Waals surface area contributed by atoms with E-state index in [2.05, 4.69) is 11.9 Å². The number of guanidine groups is 1. The van der Waals surface area contributed by atoms with Gasteiger partial charge in [0.15, 0.2) is 5.96 Å². The number of nitrogens with zero attached hydrogens (tertiary/aromatic N) is 2. The van der Waals surface area contributed by atoms with Crippen LogP contribution in [-0.4, -0.2) is 16.9 Å². The van der Waals surface area contributed by atoms with E-state index in [9.17, 15) is 4.79 Å². The number of hydrogen-bond acceptors (Lipinski definition) is 2. The Morgan fingerprint density at radius 3 is 2.42 bits per heavy atom. The van der Waals surface area contributed by atoms with Gasteiger partial charge < -0.3 is 11.5 Å². The Labute approximate surface area is 152 Å². The van der Waals surface area contributed by atoms with Gasteiger partial charge in [-0.25, -0.2) is 4.98 Å². The van der Waals surface area contributed by atoms with Gasteiger partial charge in [0.25, 0.3) is 5.91 Å². The van der Waals surface area contributed by atoms with Crippen LogP contribution in [0.2, 0.25) is 0 Å². The van der Waals surface area contributed by atoms with Gasteiger partial charge in [-0.2, -0.15) is 4.99 Å². The lowest BCUT2D eigenvalue weighted by Crippen LogP contribution is -2.24. The van der Waals surface area contributed by atoms with Crippen molar-refractivity contribution in [2.45, 2.75) is 26.2 Å². The van der Waals surface area contributed by atoms with E-state index in [1.165, 1.54) is 0 Å². The zero-order chi connectivity index (χ0) is 18.5. The van der Waals surface area contributed by atoms with Gasteiger partial charge in [-0.3, -0.25) is 4.79 Å². The summed E-state index contributed by atoms with van der Waals surface area (Å²) in [6.45, 7) is 2.12. The van der Waals surface area contributed by atoms with Crippen LogP contribution in [0.15, 0.2) is 59.6 Å². The van der Waals surface area contributed by atoms with Crippen LogP contribution in [0.4, 0.5) is 0 Å². The maximum Gasteiger partial charge on any atom is 0.281 e. The molecule has 1 amide bonds. The lowest BCUT2D eigenvalue weighted by atomic mass is 9.93. The van der Waals surface area contributed by atoms with Crippen LogP contribution in [0.25, 0.3) is 22.2 Å². The predicted octanol–water partition coefficient (Wildman–Crippen LogP) is 3.66. The molecule has 26 heavy (non-hydrogen) atoms. The summed E-state index contributed by atoms with van der Waals surface area (Å²) in [5, 5.41) is 0.772. The van der Waals surface area contributed by atoms with Crippen LogP contribution in [0.3, 0.4) is 0 Å². The van der Waals surface area contributed by atoms with Crippen molar-refractivity contribution in [3.8, 4) is 11.3 Å². The van der Waals surface area contributed by atoms with E-state index >= 15 is 0 Å². The second-order valence-corrected chi connectivity index (χ2v) is 6.14. The molecule has 0 unspecified atom stereocenters. The molecule has 0 saturated heterocycles. The van der Waals surface area contributed by atoms with Crippen molar-refractivity contribution in [3.05, 3.63) is 65.7 Å². The zero-order valence-corrected chi connectivity index (χ0v) is 14.8. The van der Waals surface area contributed by atoms with Gasteiger partial charge in [-0.15, -0.1) is 0 Å². The molecule has 0 atom stereocenters. The molecule has 3 aromatic rings. The van der Waals surface area contributed by atoms with Crippen molar-refractivity contribution < 1.29 is 4.79 Å². The smallest absolute Gasteiger partial charge is 0.281 e. The first-order valence-electron chi connectivity index (χ1n) is 8.72. The highest BCUT2D eigenvalue weighted by atomic mass is 16.1. The molecule has 5 nitrogen and oxygen atoms in total. The Bertz CT molecular complexity index is 960. The molecule has 2 aromatic carbocycles. The van der Waals surface area contributed by atoms with Crippen LogP contribution in [-0.2, 0) is 6.42 Å². The lowest BCUT2D eigenvalue weighted by Gasteiger charge is -2.15. The second-order valence-electron chi connectivity index (χ2n) is 6.14. The minimum Gasteiger partial charge on any atom is -0.370 e. The van der Waals surface area contributed by atoms with Gasteiger partial charge in [-0.05, 0) is 24.5 Å². The Balaban J connectivity index is 2.36. The first-order chi connectivity index (χ1) is 12.6. The predicted molar refractivity (Wildman–Crippen MR) is 106 cm³/mol. The number of aromatic nitrogens is 1. The van der Waals surface area contributed by atoms with Crippen LogP contribution in [0, 0.1) is 0 Å². The number of fused-ring (bicyclic) bond motifs is 1. The monoisotopic (exact) mass is 346 g/mol. The Kier molecular flexibility index (Phi) is 5.27. The van der Waals surface area contributed by atoms with Gasteiger partial charge >= 0.3 is 0 Å². The fourth-order valence-corrected chi connectivity index (χ4v) is 3.10. The highest BCUT2D eigenvalue weighted by Crippen LogP contribution is 2.32. The Hall–Kier alpha value is -3.21. The normalized spacial score (nSPS) is 10.7. The molecule has 3 rings (SSSR count). The van der Waals surface area contributed by atoms with Gasteiger partial charge in [0.05, 0.1) is 16.8 Å². The van der Waals surface area contributed by atoms with Crippen molar-refractivity contribution in [1.29, 1.82) is 0 Å². The number of rotatable bonds is 5. The number of carbonyl (C=O) groups excluding carboxylic acids is 1. The van der Waals surface area contributed by atoms with E-state index in [1.807, 2.05) is 54.6 Å². The van der Waals surface area contributed by atoms with Crippen molar-refractivity contribution >= 4 is 22.8 Å². The molecule has 0 spiro atoms. The van der Waals surface area contributed by atoms with Crippen molar-refractivity contribution in [3.63, 3.8) is 0 Å². The first-order valence-corrected chi connectivity index (χ1v) is 8.72. The number of carbonyl (C=O) groups is 1. The average molecular weight is 346 g/mol. The molecule has 1 heterocycles. The number of benzene rings is 2. The first kappa shape index (κ1) is 17.6. The third kappa shape index (κ3) is 3.57. The number of nitrogens with two attached hydrogens (primary N) is 2. The molecule has 0 aliphatic carbocycles. The lowest BCUT2D eigenvalue weighted by molar-refractivity contribution is 0.100. The fourth-order valence-electron chi connectivity index (χ4n) is 3.10. The summed E-state index contributed by atoms with van der Waals surface area (Å²) in [7, 11) is 0. The highest BCUT2D eigenvalue weighted by molar-refractivity contribution is 6.12. The van der Waals surface area contributed by atoms with E-state index < -0.39 is 5.91 Å². The van der Waals surface area contributed by atoms with Crippen LogP contribution >= 0.6 is 0 Å². The van der Waals surface area contributed by atoms with Crippen molar-refractivity contribution in [1.82, 2.24) is 4.98 Å². The van der Waals surface area contributed by atoms with Crippen molar-refractivity contribution in [2.24, 2.45) is 16.5 Å². The topological polar surface area (TPSA) is 94.4 Å². The molecule has 0 radical (unpaired) electrons. The van der Waals surface area contributed by atoms with Crippen LogP contribution < -0.4 is 11.5 Å². The summed E-state index contributed by atoms with van der Waals surface area (Å²) >= 11 is 0. The van der Waals surface area contributed by atoms with E-state index in [4.69, 9.17) is 16.5 Å². The number of pyridine rings is 1. The number of hydrogen-bond donors (Lipinski definition) is 2. The van der Waals surface area contributed by atoms with E-state index in [0.717, 1.165) is 47.0 Å². The SMILES string of the molecule is CCCCc1c(-c2ccccc2)nc2ccccc2c1C(=O)N=C(N)N. The van der Waals surface area contributed by atoms with E-state index in [0.29, 0.717) is 5.56 Å². The molecule has 0 bridgehead atoms. The summed E-state index contributed by atoms with van der Waals surface area (Å²) in [6.07, 6.45) is 2.69. The maximum absolute atomic E-state index is 12.9. The molecule has 0 aliphatic heterocycles. The molecule has 4 N–H and O–H groups in total. The summed E-state index contributed by atoms with van der Waals surface area (Å²) in [5.41, 5.74) is 14.9. The van der Waals surface area contributed by atoms with Crippen LogP contribution in [0.5, 0.6) is 0 Å². The summed E-state index contributed by atoms with van der Waals surface area (Å²) in [5.74, 6) is -0.662. The minimum atomic E-state index is -0.424. The number of para-hydroxylation sites is 1. The standard InChI is InChI=1S/C21H22N4O/c1-2-3-11-16-18(20(26)25-21(22)23)15-12-7-8-13-17(15)24-19(16)14-9-5-4-6-10-14/h4-10,12-13H,2-3,11H2,1H3,(H4,22,23,25,26). The van der Waals surface area contributed by atoms with Crippen LogP contribution in [0.1, 0.15) is 35.7 Å². The van der Waals surface area contributed by atoms with Gasteiger partial charge in [0.1, 0.15) is 0 Å². The number of unbranched alkanes of at least 4 members (excludes halogenated alkanes) is 1. The molecule has 132 valence electrons. The molecule has 5 heteroatoms. The quantitative estimate of drug-likeness (QED) is 0.544. The summed E-state index contributed by atoms with van der Waals surface area (Å²) < 4.78 is 0. The van der Waals surface area contributed by atoms with Gasteiger partial charge in [0, 0.05) is 10.9 Å². The minimum absolute atomic E-state index is 0.237. The molecular formula is C21H22N4O. The number of aliphatic imine (C=N–C) groups is 1. The largest absolute Gasteiger partial charge is 0.370 e. The van der Waals surface area contributed by atoms with Gasteiger partial charge in [-0.1, -0.05) is 61.9 Å². The summed E-state index contributed by atoms with van der Waals surface area (Å²) in [6, 6.07) is 17.5. The summed E-state index contributed by atoms with van der Waals surface area (Å²) in [4.78, 5) is 21.5. The Morgan fingerprint density at radius 1 is 1.04 bits per heavy atom. The fraction of sp³-hybridized carbons (Fsp3) is 0.190. The Morgan fingerprint density at radius 2 is 1.73 bits per heavy atom. The average Bonchev–Trinajstić information content (AvgIpc) is 2.65.